The van der Waals surface area contributed by atoms with Crippen LogP contribution in [0.3, 0.4) is 0 Å². The molecular formula is C19H24FN. The summed E-state index contributed by atoms with van der Waals surface area (Å²) < 4.78 is 13.4. The molecule has 0 heterocycles. The summed E-state index contributed by atoms with van der Waals surface area (Å²) in [5, 5.41) is 3.41. The van der Waals surface area contributed by atoms with Crippen LogP contribution < -0.4 is 5.32 Å². The molecule has 2 rings (SSSR count). The quantitative estimate of drug-likeness (QED) is 0.863. The van der Waals surface area contributed by atoms with Gasteiger partial charge in [-0.15, -0.1) is 0 Å². The van der Waals surface area contributed by atoms with Gasteiger partial charge >= 0.3 is 0 Å². The monoisotopic (exact) mass is 285 g/mol. The maximum absolute atomic E-state index is 13.4. The zero-order chi connectivity index (χ0) is 15.7. The first-order valence-corrected chi connectivity index (χ1v) is 7.37. The third-order valence-electron chi connectivity index (χ3n) is 4.54. The molecule has 0 aliphatic carbocycles. The van der Waals surface area contributed by atoms with Crippen molar-refractivity contribution in [2.75, 3.05) is 7.05 Å². The topological polar surface area (TPSA) is 12.0 Å². The van der Waals surface area contributed by atoms with E-state index in [1.165, 1.54) is 27.8 Å². The Labute approximate surface area is 127 Å². The molecule has 1 unspecified atom stereocenters. The molecule has 0 aromatic heterocycles. The van der Waals surface area contributed by atoms with E-state index in [-0.39, 0.29) is 11.9 Å². The smallest absolute Gasteiger partial charge is 0.123 e. The minimum absolute atomic E-state index is 0.0872. The Morgan fingerprint density at radius 2 is 1.43 bits per heavy atom. The molecule has 0 aliphatic heterocycles. The molecule has 0 radical (unpaired) electrons. The van der Waals surface area contributed by atoms with Crippen molar-refractivity contribution in [2.45, 2.75) is 40.7 Å². The highest BCUT2D eigenvalue weighted by Crippen LogP contribution is 2.32. The van der Waals surface area contributed by atoms with Gasteiger partial charge in [-0.3, -0.25) is 0 Å². The fourth-order valence-electron chi connectivity index (χ4n) is 3.10. The molecule has 21 heavy (non-hydrogen) atoms. The van der Waals surface area contributed by atoms with Gasteiger partial charge in [-0.1, -0.05) is 12.1 Å². The van der Waals surface area contributed by atoms with Gasteiger partial charge in [0.1, 0.15) is 5.82 Å². The maximum Gasteiger partial charge on any atom is 0.123 e. The molecule has 0 saturated heterocycles. The summed E-state index contributed by atoms with van der Waals surface area (Å²) in [6.07, 6.45) is 0. The summed E-state index contributed by atoms with van der Waals surface area (Å²) in [5.41, 5.74) is 8.63. The second-order valence-electron chi connectivity index (χ2n) is 5.90. The van der Waals surface area contributed by atoms with Crippen LogP contribution >= 0.6 is 0 Å². The molecule has 1 N–H and O–H groups in total. The Morgan fingerprint density at radius 1 is 0.857 bits per heavy atom. The molecule has 112 valence electrons. The second kappa shape index (κ2) is 5.98. The molecule has 2 heteroatoms. The number of hydrogen-bond acceptors (Lipinski definition) is 1. The Kier molecular flexibility index (Phi) is 4.48. The lowest BCUT2D eigenvalue weighted by Crippen LogP contribution is -2.21. The molecule has 2 aromatic rings. The van der Waals surface area contributed by atoms with Crippen LogP contribution in [-0.2, 0) is 0 Å². The van der Waals surface area contributed by atoms with Gasteiger partial charge in [0.25, 0.3) is 0 Å². The molecule has 0 amide bonds. The minimum atomic E-state index is -0.181. The first-order chi connectivity index (χ1) is 9.86. The third kappa shape index (κ3) is 2.86. The standard InChI is InChI=1S/C19H24FN/c1-11-9-12(2)15(5)18(14(11)4)19(21-6)17-8-7-16(20)10-13(17)3/h7-10,19,21H,1-6H3. The lowest BCUT2D eigenvalue weighted by molar-refractivity contribution is 0.620. The van der Waals surface area contributed by atoms with Crippen LogP contribution in [0, 0.1) is 40.4 Å². The van der Waals surface area contributed by atoms with E-state index >= 15 is 0 Å². The van der Waals surface area contributed by atoms with Crippen molar-refractivity contribution < 1.29 is 4.39 Å². The van der Waals surface area contributed by atoms with E-state index in [9.17, 15) is 4.39 Å². The van der Waals surface area contributed by atoms with E-state index in [2.05, 4.69) is 39.1 Å². The molecular weight excluding hydrogens is 261 g/mol. The van der Waals surface area contributed by atoms with Crippen molar-refractivity contribution >= 4 is 0 Å². The van der Waals surface area contributed by atoms with Crippen molar-refractivity contribution in [2.24, 2.45) is 0 Å². The first-order valence-electron chi connectivity index (χ1n) is 7.37. The maximum atomic E-state index is 13.4. The third-order valence-corrected chi connectivity index (χ3v) is 4.54. The zero-order valence-electron chi connectivity index (χ0n) is 13.8. The van der Waals surface area contributed by atoms with E-state index in [0.717, 1.165) is 11.1 Å². The molecule has 0 bridgehead atoms. The molecule has 0 spiro atoms. The molecule has 0 aliphatic rings. The second-order valence-corrected chi connectivity index (χ2v) is 5.90. The number of hydrogen-bond donors (Lipinski definition) is 1. The van der Waals surface area contributed by atoms with E-state index in [1.54, 1.807) is 12.1 Å². The summed E-state index contributed by atoms with van der Waals surface area (Å²) in [6, 6.07) is 7.36. The van der Waals surface area contributed by atoms with Crippen molar-refractivity contribution in [1.82, 2.24) is 5.32 Å². The number of aryl methyl sites for hydroxylation is 3. The SMILES string of the molecule is CNC(c1ccc(F)cc1C)c1c(C)c(C)cc(C)c1C. The highest BCUT2D eigenvalue weighted by atomic mass is 19.1. The van der Waals surface area contributed by atoms with E-state index in [1.807, 2.05) is 20.0 Å². The van der Waals surface area contributed by atoms with Crippen LogP contribution in [0.25, 0.3) is 0 Å². The van der Waals surface area contributed by atoms with E-state index in [0.29, 0.717) is 0 Å². The summed E-state index contributed by atoms with van der Waals surface area (Å²) in [4.78, 5) is 0. The Balaban J connectivity index is 2.67. The van der Waals surface area contributed by atoms with Gasteiger partial charge in [-0.25, -0.2) is 4.39 Å². The van der Waals surface area contributed by atoms with Crippen molar-refractivity contribution in [3.8, 4) is 0 Å². The van der Waals surface area contributed by atoms with Gasteiger partial charge in [0, 0.05) is 0 Å². The van der Waals surface area contributed by atoms with Crippen molar-refractivity contribution in [1.29, 1.82) is 0 Å². The lowest BCUT2D eigenvalue weighted by atomic mass is 9.85. The highest BCUT2D eigenvalue weighted by molar-refractivity contribution is 5.50. The lowest BCUT2D eigenvalue weighted by Gasteiger charge is -2.25. The Morgan fingerprint density at radius 3 is 1.90 bits per heavy atom. The fraction of sp³-hybridized carbons (Fsp3) is 0.368. The van der Waals surface area contributed by atoms with Gasteiger partial charge in [0.05, 0.1) is 6.04 Å². The fourth-order valence-corrected chi connectivity index (χ4v) is 3.10. The van der Waals surface area contributed by atoms with Gasteiger partial charge in [-0.05, 0) is 92.7 Å². The number of nitrogens with one attached hydrogen (secondary N) is 1. The van der Waals surface area contributed by atoms with Crippen molar-refractivity contribution in [3.05, 3.63) is 69.0 Å². The van der Waals surface area contributed by atoms with Gasteiger partial charge < -0.3 is 5.32 Å². The van der Waals surface area contributed by atoms with Crippen LogP contribution in [-0.4, -0.2) is 7.05 Å². The first kappa shape index (κ1) is 15.7. The summed E-state index contributed by atoms with van der Waals surface area (Å²) in [5.74, 6) is -0.181. The predicted octanol–water partition coefficient (Wildman–Crippen LogP) is 4.68. The average molecular weight is 285 g/mol. The number of rotatable bonds is 3. The van der Waals surface area contributed by atoms with Crippen molar-refractivity contribution in [3.63, 3.8) is 0 Å². The predicted molar refractivity (Wildman–Crippen MR) is 87.4 cm³/mol. The summed E-state index contributed by atoms with van der Waals surface area (Å²) in [7, 11) is 1.96. The normalized spacial score (nSPS) is 12.5. The molecule has 2 aromatic carbocycles. The van der Waals surface area contributed by atoms with Gasteiger partial charge in [0.15, 0.2) is 0 Å². The van der Waals surface area contributed by atoms with E-state index in [4.69, 9.17) is 0 Å². The van der Waals surface area contributed by atoms with E-state index < -0.39 is 0 Å². The van der Waals surface area contributed by atoms with Crippen LogP contribution in [0.1, 0.15) is 45.0 Å². The molecule has 0 saturated carbocycles. The molecule has 1 atom stereocenters. The van der Waals surface area contributed by atoms with Crippen LogP contribution in [0.15, 0.2) is 24.3 Å². The van der Waals surface area contributed by atoms with Crippen LogP contribution in [0.2, 0.25) is 0 Å². The highest BCUT2D eigenvalue weighted by Gasteiger charge is 2.20. The summed E-state index contributed by atoms with van der Waals surface area (Å²) in [6.45, 7) is 10.6. The van der Waals surface area contributed by atoms with Crippen LogP contribution in [0.4, 0.5) is 4.39 Å². The molecule has 0 fully saturated rings. The largest absolute Gasteiger partial charge is 0.309 e. The van der Waals surface area contributed by atoms with Gasteiger partial charge in [-0.2, -0.15) is 0 Å². The zero-order valence-corrected chi connectivity index (χ0v) is 13.8. The minimum Gasteiger partial charge on any atom is -0.309 e. The Hall–Kier alpha value is -1.67. The number of benzene rings is 2. The average Bonchev–Trinajstić information content (AvgIpc) is 2.42. The molecule has 1 nitrogen and oxygen atoms in total. The summed E-state index contributed by atoms with van der Waals surface area (Å²) >= 11 is 0. The number of halogens is 1. The van der Waals surface area contributed by atoms with Gasteiger partial charge in [0.2, 0.25) is 0 Å². The van der Waals surface area contributed by atoms with Crippen LogP contribution in [0.5, 0.6) is 0 Å². The Bertz CT molecular complexity index is 648.